The molecule has 0 N–H and O–H groups in total. The van der Waals surface area contributed by atoms with E-state index in [1.165, 1.54) is 4.88 Å². The van der Waals surface area contributed by atoms with E-state index < -0.39 is 0 Å². The smallest absolute Gasteiger partial charge is 0.201 e. The zero-order valence-electron chi connectivity index (χ0n) is 8.72. The minimum absolute atomic E-state index is 0. The Hall–Kier alpha value is -0.300. The Labute approximate surface area is 118 Å². The molecule has 0 spiro atoms. The van der Waals surface area contributed by atoms with Crippen molar-refractivity contribution in [2.45, 2.75) is 6.92 Å². The van der Waals surface area contributed by atoms with Crippen LogP contribution in [0.4, 0.5) is 0 Å². The van der Waals surface area contributed by atoms with E-state index in [4.69, 9.17) is 17.0 Å². The molecular weight excluding hydrogens is 326 g/mol. The summed E-state index contributed by atoms with van der Waals surface area (Å²) in [5, 5.41) is 2.56. The summed E-state index contributed by atoms with van der Waals surface area (Å²) in [7, 11) is 1.60. The van der Waals surface area contributed by atoms with Gasteiger partial charge in [0, 0.05) is 15.8 Å². The molecule has 0 atom stereocenters. The number of methoxy groups -OCH3 is 1. The molecule has 2 aromatic heterocycles. The van der Waals surface area contributed by atoms with Crippen molar-refractivity contribution in [1.29, 1.82) is 0 Å². The predicted molar refractivity (Wildman–Crippen MR) is 79.2 cm³/mol. The maximum Gasteiger partial charge on any atom is 0.201 e. The third kappa shape index (κ3) is 2.68. The highest BCUT2D eigenvalue weighted by Crippen LogP contribution is 2.31. The number of aromatic nitrogens is 1. The molecule has 0 saturated carbocycles. The fourth-order valence-corrected chi connectivity index (χ4v) is 3.02. The van der Waals surface area contributed by atoms with E-state index in [-0.39, 0.29) is 17.0 Å². The van der Waals surface area contributed by atoms with Crippen LogP contribution < -0.4 is 0 Å². The highest BCUT2D eigenvalue weighted by atomic mass is 79.9. The SMILES string of the molecule is Br.COC(=S)c1sc(C)cc1-c1cscn1. The minimum atomic E-state index is 0. The third-order valence-electron chi connectivity index (χ3n) is 1.93. The van der Waals surface area contributed by atoms with E-state index in [9.17, 15) is 0 Å². The zero-order valence-corrected chi connectivity index (χ0v) is 12.9. The van der Waals surface area contributed by atoms with Crippen LogP contribution in [0.3, 0.4) is 0 Å². The summed E-state index contributed by atoms with van der Waals surface area (Å²) in [6.07, 6.45) is 0. The van der Waals surface area contributed by atoms with Crippen LogP contribution in [0.2, 0.25) is 0 Å². The number of hydrogen-bond donors (Lipinski definition) is 0. The molecule has 0 aromatic carbocycles. The summed E-state index contributed by atoms with van der Waals surface area (Å²) in [5.74, 6) is 0. The van der Waals surface area contributed by atoms with E-state index in [2.05, 4.69) is 18.0 Å². The highest BCUT2D eigenvalue weighted by molar-refractivity contribution is 8.93. The summed E-state index contributed by atoms with van der Waals surface area (Å²) in [6.45, 7) is 2.06. The fourth-order valence-electron chi connectivity index (χ4n) is 1.29. The number of hydrogen-bond acceptors (Lipinski definition) is 5. The second kappa shape index (κ2) is 5.86. The van der Waals surface area contributed by atoms with Gasteiger partial charge in [-0.3, -0.25) is 0 Å². The van der Waals surface area contributed by atoms with E-state index in [1.807, 2.05) is 10.9 Å². The number of halogens is 1. The maximum absolute atomic E-state index is 5.16. The quantitative estimate of drug-likeness (QED) is 0.772. The number of aryl methyl sites for hydroxylation is 1. The van der Waals surface area contributed by atoms with Gasteiger partial charge < -0.3 is 4.74 Å². The van der Waals surface area contributed by atoms with Gasteiger partial charge in [-0.2, -0.15) is 0 Å². The molecule has 0 saturated heterocycles. The van der Waals surface area contributed by atoms with Crippen LogP contribution in [-0.2, 0) is 4.74 Å². The van der Waals surface area contributed by atoms with Gasteiger partial charge in [-0.05, 0) is 25.2 Å². The monoisotopic (exact) mass is 335 g/mol. The molecule has 2 nitrogen and oxygen atoms in total. The summed E-state index contributed by atoms with van der Waals surface area (Å²) >= 11 is 8.39. The second-order valence-electron chi connectivity index (χ2n) is 2.97. The van der Waals surface area contributed by atoms with Crippen molar-refractivity contribution >= 4 is 56.9 Å². The van der Waals surface area contributed by atoms with Gasteiger partial charge in [0.2, 0.25) is 5.05 Å². The molecule has 2 heterocycles. The third-order valence-corrected chi connectivity index (χ3v) is 4.07. The van der Waals surface area contributed by atoms with Gasteiger partial charge in [0.15, 0.2) is 0 Å². The van der Waals surface area contributed by atoms with Gasteiger partial charge >= 0.3 is 0 Å². The van der Waals surface area contributed by atoms with Crippen LogP contribution in [0, 0.1) is 6.92 Å². The first-order chi connectivity index (χ1) is 7.22. The standard InChI is InChI=1S/C10H9NOS3.BrH/c1-6-3-7(8-4-14-5-11-8)9(15-6)10(13)12-2;/h3-5H,1-2H3;1H. The van der Waals surface area contributed by atoms with Crippen molar-refractivity contribution in [2.24, 2.45) is 0 Å². The molecule has 0 unspecified atom stereocenters. The van der Waals surface area contributed by atoms with Crippen LogP contribution in [-0.4, -0.2) is 17.1 Å². The molecular formula is C10H10BrNOS3. The summed E-state index contributed by atoms with van der Waals surface area (Å²) in [6, 6.07) is 2.10. The van der Waals surface area contributed by atoms with Crippen molar-refractivity contribution in [3.05, 3.63) is 26.7 Å². The normalized spacial score (nSPS) is 9.62. The van der Waals surface area contributed by atoms with E-state index >= 15 is 0 Å². The number of nitrogens with zero attached hydrogens (tertiary/aromatic N) is 1. The number of rotatable bonds is 2. The van der Waals surface area contributed by atoms with E-state index in [1.54, 1.807) is 29.8 Å². The molecule has 16 heavy (non-hydrogen) atoms. The number of thiazole rings is 1. The molecule has 2 rings (SSSR count). The molecule has 0 amide bonds. The summed E-state index contributed by atoms with van der Waals surface area (Å²) in [4.78, 5) is 6.50. The average Bonchev–Trinajstić information content (AvgIpc) is 2.84. The Kier molecular flexibility index (Phi) is 5.04. The summed E-state index contributed by atoms with van der Waals surface area (Å²) in [5.41, 5.74) is 3.87. The predicted octanol–water partition coefficient (Wildman–Crippen LogP) is 4.08. The second-order valence-corrected chi connectivity index (χ2v) is 5.31. The van der Waals surface area contributed by atoms with Gasteiger partial charge in [-0.15, -0.1) is 39.7 Å². The molecule has 6 heteroatoms. The first-order valence-electron chi connectivity index (χ1n) is 4.29. The Morgan fingerprint density at radius 2 is 2.25 bits per heavy atom. The van der Waals surface area contributed by atoms with E-state index in [0.717, 1.165) is 16.1 Å². The Morgan fingerprint density at radius 1 is 1.50 bits per heavy atom. The average molecular weight is 336 g/mol. The van der Waals surface area contributed by atoms with Gasteiger partial charge in [-0.25, -0.2) is 4.98 Å². The van der Waals surface area contributed by atoms with Gasteiger partial charge in [-0.1, -0.05) is 0 Å². The van der Waals surface area contributed by atoms with Crippen LogP contribution in [0.25, 0.3) is 11.3 Å². The largest absolute Gasteiger partial charge is 0.486 e. The molecule has 0 fully saturated rings. The lowest BCUT2D eigenvalue weighted by Gasteiger charge is -2.01. The van der Waals surface area contributed by atoms with Crippen molar-refractivity contribution < 1.29 is 4.74 Å². The minimum Gasteiger partial charge on any atom is -0.486 e. The lowest BCUT2D eigenvalue weighted by Crippen LogP contribution is -1.97. The fraction of sp³-hybridized carbons (Fsp3) is 0.200. The summed E-state index contributed by atoms with van der Waals surface area (Å²) < 4.78 is 5.11. The maximum atomic E-state index is 5.16. The van der Waals surface area contributed by atoms with Crippen molar-refractivity contribution in [2.75, 3.05) is 7.11 Å². The van der Waals surface area contributed by atoms with E-state index in [0.29, 0.717) is 5.05 Å². The van der Waals surface area contributed by atoms with Gasteiger partial charge in [0.25, 0.3) is 0 Å². The Balaban J connectivity index is 0.00000128. The van der Waals surface area contributed by atoms with Gasteiger partial charge in [0.05, 0.1) is 23.2 Å². The molecule has 0 bridgehead atoms. The molecule has 0 aliphatic carbocycles. The number of thiophene rings is 1. The molecule has 2 aromatic rings. The van der Waals surface area contributed by atoms with Crippen LogP contribution >= 0.6 is 51.9 Å². The first kappa shape index (κ1) is 13.8. The zero-order chi connectivity index (χ0) is 10.8. The molecule has 0 radical (unpaired) electrons. The molecule has 0 aliphatic heterocycles. The van der Waals surface area contributed by atoms with Crippen LogP contribution in [0.1, 0.15) is 9.75 Å². The van der Waals surface area contributed by atoms with Crippen molar-refractivity contribution in [3.63, 3.8) is 0 Å². The topological polar surface area (TPSA) is 22.1 Å². The first-order valence-corrected chi connectivity index (χ1v) is 6.46. The number of ether oxygens (including phenoxy) is 1. The van der Waals surface area contributed by atoms with Gasteiger partial charge in [0.1, 0.15) is 0 Å². The van der Waals surface area contributed by atoms with Crippen LogP contribution in [0.15, 0.2) is 17.0 Å². The van der Waals surface area contributed by atoms with Crippen molar-refractivity contribution in [1.82, 2.24) is 4.98 Å². The Bertz CT molecular complexity index is 478. The number of thiocarbonyl (C=S) groups is 1. The molecule has 0 aliphatic rings. The van der Waals surface area contributed by atoms with Crippen LogP contribution in [0.5, 0.6) is 0 Å². The molecule has 86 valence electrons. The lowest BCUT2D eigenvalue weighted by atomic mass is 10.2. The Morgan fingerprint density at radius 3 is 2.81 bits per heavy atom. The van der Waals surface area contributed by atoms with Crippen molar-refractivity contribution in [3.8, 4) is 11.3 Å². The highest BCUT2D eigenvalue weighted by Gasteiger charge is 2.14. The lowest BCUT2D eigenvalue weighted by molar-refractivity contribution is 0.417.